The van der Waals surface area contributed by atoms with E-state index >= 15 is 0 Å². The molecule has 0 fully saturated rings. The fourth-order valence-electron chi connectivity index (χ4n) is 2.34. The largest absolute Gasteiger partial charge is 0.370 e. The van der Waals surface area contributed by atoms with Crippen LogP contribution in [-0.4, -0.2) is 25.6 Å². The smallest absolute Gasteiger partial charge is 0.188 e. The summed E-state index contributed by atoms with van der Waals surface area (Å²) in [5, 5.41) is 3.13. The fraction of sp³-hybridized carbons (Fsp3) is 0.941. The predicted molar refractivity (Wildman–Crippen MR) is 94.6 cm³/mol. The molecule has 0 aromatic heterocycles. The molecule has 0 aromatic carbocycles. The third kappa shape index (κ3) is 17.2. The van der Waals surface area contributed by atoms with Gasteiger partial charge in [-0.05, 0) is 25.8 Å². The lowest BCUT2D eigenvalue weighted by atomic mass is 10.1. The first-order valence-corrected chi connectivity index (χ1v) is 9.05. The zero-order chi connectivity index (χ0) is 15.6. The maximum atomic E-state index is 5.78. The molecule has 0 unspecified atom stereocenters. The Hall–Kier alpha value is -0.770. The van der Waals surface area contributed by atoms with Gasteiger partial charge in [-0.15, -0.1) is 0 Å². The lowest BCUT2D eigenvalue weighted by Gasteiger charge is -2.05. The molecule has 4 heteroatoms. The number of nitrogens with one attached hydrogen (secondary N) is 1. The summed E-state index contributed by atoms with van der Waals surface area (Å²) in [6, 6.07) is 0. The van der Waals surface area contributed by atoms with Gasteiger partial charge in [0.25, 0.3) is 0 Å². The Morgan fingerprint density at radius 3 is 1.95 bits per heavy atom. The number of nitrogens with two attached hydrogens (primary N) is 2. The van der Waals surface area contributed by atoms with Crippen molar-refractivity contribution in [2.24, 2.45) is 16.5 Å². The van der Waals surface area contributed by atoms with Gasteiger partial charge in [0.2, 0.25) is 0 Å². The van der Waals surface area contributed by atoms with Crippen LogP contribution < -0.4 is 16.8 Å². The normalized spacial score (nSPS) is 11.8. The van der Waals surface area contributed by atoms with Gasteiger partial charge in [-0.25, -0.2) is 0 Å². The molecule has 0 aliphatic heterocycles. The summed E-state index contributed by atoms with van der Waals surface area (Å²) in [4.78, 5) is 4.34. The summed E-state index contributed by atoms with van der Waals surface area (Å²) < 4.78 is 0. The standard InChI is InChI=1S/C17H38N4/c1-2-3-4-5-6-7-8-9-10-12-15-20-17(19)21-16-13-11-14-18/h2-16,18H2,1H3,(H3,19,20,21). The number of hydrogen-bond donors (Lipinski definition) is 3. The molecule has 0 rings (SSSR count). The van der Waals surface area contributed by atoms with Gasteiger partial charge in [-0.1, -0.05) is 64.7 Å². The first kappa shape index (κ1) is 20.2. The molecule has 0 heterocycles. The van der Waals surface area contributed by atoms with Gasteiger partial charge in [0.15, 0.2) is 5.96 Å². The predicted octanol–water partition coefficient (Wildman–Crippen LogP) is 3.55. The maximum Gasteiger partial charge on any atom is 0.188 e. The highest BCUT2D eigenvalue weighted by atomic mass is 15.1. The fourth-order valence-corrected chi connectivity index (χ4v) is 2.34. The summed E-state index contributed by atoms with van der Waals surface area (Å²) in [5.74, 6) is 0.586. The Morgan fingerprint density at radius 2 is 1.38 bits per heavy atom. The first-order valence-electron chi connectivity index (χ1n) is 9.05. The molecule has 0 saturated carbocycles. The summed E-state index contributed by atoms with van der Waals surface area (Å²) in [7, 11) is 0. The van der Waals surface area contributed by atoms with Crippen LogP contribution in [0, 0.1) is 0 Å². The van der Waals surface area contributed by atoms with Crippen molar-refractivity contribution in [1.29, 1.82) is 0 Å². The molecule has 0 bridgehead atoms. The van der Waals surface area contributed by atoms with Crippen LogP contribution in [0.4, 0.5) is 0 Å². The Morgan fingerprint density at radius 1 is 0.810 bits per heavy atom. The molecule has 126 valence electrons. The molecular formula is C17H38N4. The Labute approximate surface area is 132 Å². The number of nitrogens with zero attached hydrogens (tertiary/aromatic N) is 1. The molecule has 4 nitrogen and oxygen atoms in total. The molecule has 0 radical (unpaired) electrons. The summed E-state index contributed by atoms with van der Waals surface area (Å²) >= 11 is 0. The first-order chi connectivity index (χ1) is 10.3. The van der Waals surface area contributed by atoms with Gasteiger partial charge in [-0.2, -0.15) is 0 Å². The highest BCUT2D eigenvalue weighted by Crippen LogP contribution is 2.10. The van der Waals surface area contributed by atoms with E-state index in [-0.39, 0.29) is 0 Å². The van der Waals surface area contributed by atoms with Gasteiger partial charge in [0.1, 0.15) is 0 Å². The minimum Gasteiger partial charge on any atom is -0.370 e. The molecule has 0 amide bonds. The van der Waals surface area contributed by atoms with Crippen LogP contribution in [-0.2, 0) is 0 Å². The quantitative estimate of drug-likeness (QED) is 0.246. The molecule has 0 aliphatic carbocycles. The monoisotopic (exact) mass is 298 g/mol. The lowest BCUT2D eigenvalue weighted by Crippen LogP contribution is -2.32. The van der Waals surface area contributed by atoms with Crippen molar-refractivity contribution in [3.05, 3.63) is 0 Å². The molecule has 0 aliphatic rings. The minimum atomic E-state index is 0.586. The summed E-state index contributed by atoms with van der Waals surface area (Å²) in [6.45, 7) is 4.75. The van der Waals surface area contributed by atoms with Crippen LogP contribution in [0.5, 0.6) is 0 Å². The van der Waals surface area contributed by atoms with Crippen LogP contribution in [0.1, 0.15) is 84.0 Å². The van der Waals surface area contributed by atoms with Gasteiger partial charge in [0.05, 0.1) is 0 Å². The highest BCUT2D eigenvalue weighted by Gasteiger charge is 1.94. The molecule has 21 heavy (non-hydrogen) atoms. The number of rotatable bonds is 15. The molecule has 0 spiro atoms. The maximum absolute atomic E-state index is 5.78. The highest BCUT2D eigenvalue weighted by molar-refractivity contribution is 5.77. The molecule has 5 N–H and O–H groups in total. The van der Waals surface area contributed by atoms with E-state index in [0.717, 1.165) is 38.9 Å². The van der Waals surface area contributed by atoms with Gasteiger partial charge in [0, 0.05) is 13.1 Å². The van der Waals surface area contributed by atoms with E-state index in [9.17, 15) is 0 Å². The van der Waals surface area contributed by atoms with E-state index in [1.54, 1.807) is 0 Å². The van der Waals surface area contributed by atoms with E-state index in [2.05, 4.69) is 17.2 Å². The summed E-state index contributed by atoms with van der Waals surface area (Å²) in [5.41, 5.74) is 11.2. The van der Waals surface area contributed by atoms with Crippen molar-refractivity contribution < 1.29 is 0 Å². The van der Waals surface area contributed by atoms with Crippen LogP contribution in [0.25, 0.3) is 0 Å². The van der Waals surface area contributed by atoms with E-state index in [0.29, 0.717) is 5.96 Å². The van der Waals surface area contributed by atoms with E-state index < -0.39 is 0 Å². The number of guanidine groups is 1. The average molecular weight is 299 g/mol. The molecule has 0 aromatic rings. The zero-order valence-corrected chi connectivity index (χ0v) is 14.2. The third-order valence-corrected chi connectivity index (χ3v) is 3.73. The van der Waals surface area contributed by atoms with Crippen LogP contribution in [0.2, 0.25) is 0 Å². The van der Waals surface area contributed by atoms with Gasteiger partial charge in [-0.3, -0.25) is 4.99 Å². The average Bonchev–Trinajstić information content (AvgIpc) is 2.49. The number of unbranched alkanes of at least 4 members (excludes halogenated alkanes) is 10. The molecule has 0 atom stereocenters. The SMILES string of the molecule is CCCCCCCCCCCCN=C(N)NCCCCN. The van der Waals surface area contributed by atoms with E-state index in [4.69, 9.17) is 11.5 Å². The van der Waals surface area contributed by atoms with Crippen molar-refractivity contribution in [1.82, 2.24) is 5.32 Å². The van der Waals surface area contributed by atoms with Crippen molar-refractivity contribution in [2.75, 3.05) is 19.6 Å². The van der Waals surface area contributed by atoms with Crippen LogP contribution in [0.15, 0.2) is 4.99 Å². The second kappa shape index (κ2) is 17.3. The second-order valence-electron chi connectivity index (χ2n) is 5.87. The van der Waals surface area contributed by atoms with Crippen LogP contribution in [0.3, 0.4) is 0 Å². The molecular weight excluding hydrogens is 260 g/mol. The van der Waals surface area contributed by atoms with Gasteiger partial charge >= 0.3 is 0 Å². The van der Waals surface area contributed by atoms with Crippen LogP contribution >= 0.6 is 0 Å². The van der Waals surface area contributed by atoms with Crippen molar-refractivity contribution >= 4 is 5.96 Å². The van der Waals surface area contributed by atoms with Gasteiger partial charge < -0.3 is 16.8 Å². The van der Waals surface area contributed by atoms with E-state index in [1.807, 2.05) is 0 Å². The van der Waals surface area contributed by atoms with Crippen molar-refractivity contribution in [2.45, 2.75) is 84.0 Å². The van der Waals surface area contributed by atoms with Crippen molar-refractivity contribution in [3.63, 3.8) is 0 Å². The number of hydrogen-bond acceptors (Lipinski definition) is 2. The minimum absolute atomic E-state index is 0.586. The lowest BCUT2D eigenvalue weighted by molar-refractivity contribution is 0.558. The topological polar surface area (TPSA) is 76.4 Å². The Balaban J connectivity index is 3.19. The molecule has 0 saturated heterocycles. The Bertz CT molecular complexity index is 229. The Kier molecular flexibility index (Phi) is 16.6. The number of aliphatic imine (C=N–C) groups is 1. The summed E-state index contributed by atoms with van der Waals surface area (Å²) in [6.07, 6.45) is 15.6. The zero-order valence-electron chi connectivity index (χ0n) is 14.2. The second-order valence-corrected chi connectivity index (χ2v) is 5.87. The third-order valence-electron chi connectivity index (χ3n) is 3.73. The van der Waals surface area contributed by atoms with Crippen molar-refractivity contribution in [3.8, 4) is 0 Å². The van der Waals surface area contributed by atoms with E-state index in [1.165, 1.54) is 57.8 Å².